The Morgan fingerprint density at radius 2 is 2.28 bits per heavy atom. The van der Waals surface area contributed by atoms with Crippen LogP contribution in [0.2, 0.25) is 0 Å². The Labute approximate surface area is 112 Å². The van der Waals surface area contributed by atoms with Crippen LogP contribution in [0, 0.1) is 5.82 Å². The molecule has 1 rings (SSSR count). The maximum absolute atomic E-state index is 12.8. The summed E-state index contributed by atoms with van der Waals surface area (Å²) >= 11 is 1.83. The average Bonchev–Trinajstić information content (AvgIpc) is 2.39. The van der Waals surface area contributed by atoms with Gasteiger partial charge in [0.1, 0.15) is 5.82 Å². The van der Waals surface area contributed by atoms with Crippen molar-refractivity contribution in [2.24, 2.45) is 0 Å². The third kappa shape index (κ3) is 5.80. The first-order valence-electron chi connectivity index (χ1n) is 6.31. The largest absolute Gasteiger partial charge is 0.396 e. The van der Waals surface area contributed by atoms with Crippen molar-refractivity contribution in [3.63, 3.8) is 0 Å². The van der Waals surface area contributed by atoms with Crippen molar-refractivity contribution in [2.45, 2.75) is 25.8 Å². The van der Waals surface area contributed by atoms with E-state index < -0.39 is 0 Å². The molecule has 1 aromatic rings. The summed E-state index contributed by atoms with van der Waals surface area (Å²) in [5.41, 5.74) is 0.888. The van der Waals surface area contributed by atoms with Gasteiger partial charge in [-0.2, -0.15) is 11.8 Å². The van der Waals surface area contributed by atoms with E-state index >= 15 is 0 Å². The molecule has 0 aliphatic rings. The Morgan fingerprint density at radius 3 is 2.89 bits per heavy atom. The van der Waals surface area contributed by atoms with Crippen LogP contribution < -0.4 is 5.32 Å². The van der Waals surface area contributed by atoms with E-state index in [2.05, 4.69) is 17.2 Å². The van der Waals surface area contributed by atoms with Crippen LogP contribution in [0.1, 0.15) is 31.5 Å². The van der Waals surface area contributed by atoms with Crippen LogP contribution in [0.15, 0.2) is 18.3 Å². The molecule has 5 heteroatoms. The molecular formula is C13H21FN2OS. The zero-order chi connectivity index (χ0) is 13.2. The number of hydrogen-bond acceptors (Lipinski definition) is 4. The number of hydrogen-bond donors (Lipinski definition) is 2. The van der Waals surface area contributed by atoms with Crippen molar-refractivity contribution >= 4 is 11.8 Å². The number of aliphatic hydroxyl groups is 1. The fraction of sp³-hybridized carbons (Fsp3) is 0.615. The summed E-state index contributed by atoms with van der Waals surface area (Å²) in [6, 6.07) is 3.36. The van der Waals surface area contributed by atoms with Gasteiger partial charge in [-0.1, -0.05) is 6.92 Å². The zero-order valence-corrected chi connectivity index (χ0v) is 11.5. The Hall–Kier alpha value is -0.650. The number of aromatic nitrogens is 1. The highest BCUT2D eigenvalue weighted by molar-refractivity contribution is 7.99. The van der Waals surface area contributed by atoms with E-state index in [9.17, 15) is 4.39 Å². The van der Waals surface area contributed by atoms with Crippen molar-refractivity contribution in [1.82, 2.24) is 10.3 Å². The molecule has 0 saturated carbocycles. The Kier molecular flexibility index (Phi) is 7.96. The highest BCUT2D eigenvalue weighted by atomic mass is 32.2. The SMILES string of the molecule is CCC(NCCSCCCO)c1ccc(F)cn1. The first-order chi connectivity index (χ1) is 8.77. The van der Waals surface area contributed by atoms with Gasteiger partial charge in [0.25, 0.3) is 0 Å². The molecule has 18 heavy (non-hydrogen) atoms. The lowest BCUT2D eigenvalue weighted by molar-refractivity contribution is 0.296. The van der Waals surface area contributed by atoms with Gasteiger partial charge in [-0.25, -0.2) is 4.39 Å². The minimum absolute atomic E-state index is 0.184. The number of pyridine rings is 1. The third-order valence-corrected chi connectivity index (χ3v) is 3.67. The van der Waals surface area contributed by atoms with Gasteiger partial charge in [-0.15, -0.1) is 0 Å². The van der Waals surface area contributed by atoms with Crippen molar-refractivity contribution in [1.29, 1.82) is 0 Å². The summed E-state index contributed by atoms with van der Waals surface area (Å²) < 4.78 is 12.8. The van der Waals surface area contributed by atoms with Crippen molar-refractivity contribution in [3.05, 3.63) is 29.8 Å². The van der Waals surface area contributed by atoms with E-state index in [-0.39, 0.29) is 18.5 Å². The van der Waals surface area contributed by atoms with Gasteiger partial charge in [-0.05, 0) is 30.7 Å². The molecule has 0 aliphatic heterocycles. The summed E-state index contributed by atoms with van der Waals surface area (Å²) in [5.74, 6) is 1.70. The lowest BCUT2D eigenvalue weighted by Gasteiger charge is -2.16. The standard InChI is InChI=1S/C13H21FN2OS/c1-2-12(13-5-4-11(14)10-16-13)15-6-9-18-8-3-7-17/h4-5,10,12,15,17H,2-3,6-9H2,1H3. The molecular weight excluding hydrogens is 251 g/mol. The lowest BCUT2D eigenvalue weighted by atomic mass is 10.1. The molecule has 0 aliphatic carbocycles. The van der Waals surface area contributed by atoms with Crippen LogP contribution in [0.5, 0.6) is 0 Å². The molecule has 2 N–H and O–H groups in total. The number of thioether (sulfide) groups is 1. The highest BCUT2D eigenvalue weighted by Crippen LogP contribution is 2.14. The van der Waals surface area contributed by atoms with Gasteiger partial charge in [0.2, 0.25) is 0 Å². The Morgan fingerprint density at radius 1 is 1.44 bits per heavy atom. The predicted octanol–water partition coefficient (Wildman–Crippen LogP) is 2.38. The van der Waals surface area contributed by atoms with Crippen LogP contribution in [0.4, 0.5) is 4.39 Å². The Bertz CT molecular complexity index is 321. The number of halogens is 1. The summed E-state index contributed by atoms with van der Waals surface area (Å²) in [5, 5.41) is 12.1. The molecule has 1 aromatic heterocycles. The van der Waals surface area contributed by atoms with Gasteiger partial charge in [-0.3, -0.25) is 4.98 Å². The smallest absolute Gasteiger partial charge is 0.141 e. The third-order valence-electron chi connectivity index (χ3n) is 2.60. The molecule has 0 saturated heterocycles. The van der Waals surface area contributed by atoms with E-state index in [0.717, 1.165) is 36.6 Å². The number of aliphatic hydroxyl groups excluding tert-OH is 1. The van der Waals surface area contributed by atoms with Gasteiger partial charge < -0.3 is 10.4 Å². The van der Waals surface area contributed by atoms with Crippen LogP contribution in [-0.4, -0.2) is 34.7 Å². The van der Waals surface area contributed by atoms with E-state index in [1.54, 1.807) is 6.07 Å². The molecule has 0 radical (unpaired) electrons. The minimum atomic E-state index is -0.298. The molecule has 3 nitrogen and oxygen atoms in total. The second kappa shape index (κ2) is 9.30. The highest BCUT2D eigenvalue weighted by Gasteiger charge is 2.09. The maximum atomic E-state index is 12.8. The molecule has 1 atom stereocenters. The predicted molar refractivity (Wildman–Crippen MR) is 74.3 cm³/mol. The molecule has 0 aromatic carbocycles. The number of nitrogens with zero attached hydrogens (tertiary/aromatic N) is 1. The van der Waals surface area contributed by atoms with Crippen LogP contribution in [-0.2, 0) is 0 Å². The van der Waals surface area contributed by atoms with Gasteiger partial charge in [0.05, 0.1) is 11.9 Å². The van der Waals surface area contributed by atoms with Crippen LogP contribution >= 0.6 is 11.8 Å². The van der Waals surface area contributed by atoms with Crippen molar-refractivity contribution < 1.29 is 9.50 Å². The molecule has 0 fully saturated rings. The first kappa shape index (κ1) is 15.4. The number of rotatable bonds is 9. The van der Waals surface area contributed by atoms with Crippen LogP contribution in [0.3, 0.4) is 0 Å². The summed E-state index contributed by atoms with van der Waals surface area (Å²) in [4.78, 5) is 4.10. The zero-order valence-electron chi connectivity index (χ0n) is 10.7. The second-order valence-electron chi connectivity index (χ2n) is 4.01. The molecule has 0 bridgehead atoms. The minimum Gasteiger partial charge on any atom is -0.396 e. The summed E-state index contributed by atoms with van der Waals surface area (Å²) in [7, 11) is 0. The Balaban J connectivity index is 2.27. The van der Waals surface area contributed by atoms with Gasteiger partial charge in [0, 0.05) is 24.9 Å². The second-order valence-corrected chi connectivity index (χ2v) is 5.23. The number of nitrogens with one attached hydrogen (secondary N) is 1. The average molecular weight is 272 g/mol. The van der Waals surface area contributed by atoms with Crippen LogP contribution in [0.25, 0.3) is 0 Å². The van der Waals surface area contributed by atoms with E-state index in [1.165, 1.54) is 12.3 Å². The summed E-state index contributed by atoms with van der Waals surface area (Å²) in [6.07, 6.45) is 3.04. The van der Waals surface area contributed by atoms with E-state index in [0.29, 0.717) is 0 Å². The molecule has 0 spiro atoms. The monoisotopic (exact) mass is 272 g/mol. The first-order valence-corrected chi connectivity index (χ1v) is 7.46. The van der Waals surface area contributed by atoms with E-state index in [4.69, 9.17) is 5.11 Å². The molecule has 0 amide bonds. The lowest BCUT2D eigenvalue weighted by Crippen LogP contribution is -2.24. The quantitative estimate of drug-likeness (QED) is 0.678. The maximum Gasteiger partial charge on any atom is 0.141 e. The van der Waals surface area contributed by atoms with Crippen molar-refractivity contribution in [2.75, 3.05) is 24.7 Å². The fourth-order valence-corrected chi connectivity index (χ4v) is 2.42. The van der Waals surface area contributed by atoms with Gasteiger partial charge in [0.15, 0.2) is 0 Å². The molecule has 1 heterocycles. The summed E-state index contributed by atoms with van der Waals surface area (Å²) in [6.45, 7) is 3.24. The molecule has 102 valence electrons. The van der Waals surface area contributed by atoms with Crippen molar-refractivity contribution in [3.8, 4) is 0 Å². The normalized spacial score (nSPS) is 12.6. The van der Waals surface area contributed by atoms with Gasteiger partial charge >= 0.3 is 0 Å². The molecule has 1 unspecified atom stereocenters. The fourth-order valence-electron chi connectivity index (χ4n) is 1.63. The van der Waals surface area contributed by atoms with E-state index in [1.807, 2.05) is 11.8 Å². The topological polar surface area (TPSA) is 45.1 Å².